The van der Waals surface area contributed by atoms with Crippen LogP contribution in [0.3, 0.4) is 0 Å². The number of rotatable bonds is 9. The number of alkyl carbamates (subject to hydrolysis) is 1. The number of carbonyl (C=O) groups is 4. The van der Waals surface area contributed by atoms with Gasteiger partial charge in [-0.25, -0.2) is 9.78 Å². The number of imide groups is 1. The molecule has 0 aliphatic carbocycles. The molecule has 4 amide bonds. The molecule has 0 radical (unpaired) electrons. The predicted molar refractivity (Wildman–Crippen MR) is 196 cm³/mol. The normalized spacial score (nSPS) is 16.8. The summed E-state index contributed by atoms with van der Waals surface area (Å²) in [5.74, 6) is 0.179. The summed E-state index contributed by atoms with van der Waals surface area (Å²) in [6.07, 6.45) is 1.68. The van der Waals surface area contributed by atoms with Gasteiger partial charge in [0.15, 0.2) is 0 Å². The fourth-order valence-electron chi connectivity index (χ4n) is 7.34. The molecule has 0 unspecified atom stereocenters. The number of piperidine rings is 1. The van der Waals surface area contributed by atoms with E-state index in [2.05, 4.69) is 34.1 Å². The van der Waals surface area contributed by atoms with E-state index in [1.807, 2.05) is 68.1 Å². The molecule has 2 aliphatic rings. The lowest BCUT2D eigenvalue weighted by Crippen LogP contribution is -2.46. The van der Waals surface area contributed by atoms with E-state index in [1.54, 1.807) is 24.3 Å². The lowest BCUT2D eigenvalue weighted by molar-refractivity contribution is -0.133. The van der Waals surface area contributed by atoms with Crippen LogP contribution in [-0.4, -0.2) is 74.4 Å². The zero-order valence-corrected chi connectivity index (χ0v) is 29.3. The van der Waals surface area contributed by atoms with E-state index >= 15 is 0 Å². The molecule has 51 heavy (non-hydrogen) atoms. The summed E-state index contributed by atoms with van der Waals surface area (Å²) in [4.78, 5) is 61.4. The number of carbonyl (C=O) groups excluding carboxylic acids is 4. The average Bonchev–Trinajstić information content (AvgIpc) is 3.60. The van der Waals surface area contributed by atoms with Gasteiger partial charge < -0.3 is 19.5 Å². The molecular formula is C41H43N5O5. The number of benzene rings is 4. The number of hydrogen-bond acceptors (Lipinski definition) is 6. The number of imidazole rings is 1. The topological polar surface area (TPSA) is 114 Å². The van der Waals surface area contributed by atoms with Crippen LogP contribution in [0.1, 0.15) is 78.1 Å². The van der Waals surface area contributed by atoms with E-state index in [9.17, 15) is 19.2 Å². The van der Waals surface area contributed by atoms with Crippen LogP contribution in [0.5, 0.6) is 0 Å². The maximum absolute atomic E-state index is 14.0. The maximum atomic E-state index is 14.0. The standard InChI is InChI=1S/C41H43N5O5/c1-41(2,3)51-40(50)42-31(24-27-18-19-28-11-4-5-12-29(28)23-27)25-36(47)44-20-10-13-30(26-44)37-43-34-16-8-9-17-35(34)45(37)21-22-46-38(48)32-14-6-7-15-33(32)39(46)49/h4-9,11-12,14-19,23,30-31H,10,13,20-22,24-26H2,1-3H3,(H,42,50)/t30-,31-/m1/s1. The van der Waals surface area contributed by atoms with E-state index in [0.717, 1.165) is 46.0 Å². The van der Waals surface area contributed by atoms with Crippen LogP contribution in [0.4, 0.5) is 4.79 Å². The van der Waals surface area contributed by atoms with Gasteiger partial charge in [0.05, 0.1) is 22.2 Å². The molecule has 1 fully saturated rings. The maximum Gasteiger partial charge on any atom is 0.407 e. The van der Waals surface area contributed by atoms with Gasteiger partial charge in [-0.3, -0.25) is 19.3 Å². The summed E-state index contributed by atoms with van der Waals surface area (Å²) in [7, 11) is 0. The van der Waals surface area contributed by atoms with Gasteiger partial charge in [0.2, 0.25) is 5.91 Å². The first-order valence-electron chi connectivity index (χ1n) is 17.7. The molecule has 0 spiro atoms. The van der Waals surface area contributed by atoms with Gasteiger partial charge in [0.1, 0.15) is 11.4 Å². The highest BCUT2D eigenvalue weighted by Crippen LogP contribution is 2.31. The molecular weight excluding hydrogens is 642 g/mol. The van der Waals surface area contributed by atoms with Crippen molar-refractivity contribution in [3.8, 4) is 0 Å². The summed E-state index contributed by atoms with van der Waals surface area (Å²) in [5, 5.41) is 5.21. The number of para-hydroxylation sites is 2. The number of likely N-dealkylation sites (tertiary alicyclic amines) is 1. The number of nitrogens with one attached hydrogen (secondary N) is 1. The molecule has 262 valence electrons. The van der Waals surface area contributed by atoms with Crippen LogP contribution in [0.25, 0.3) is 21.8 Å². The van der Waals surface area contributed by atoms with Gasteiger partial charge >= 0.3 is 6.09 Å². The number of amides is 4. The van der Waals surface area contributed by atoms with Crippen molar-refractivity contribution in [2.45, 2.75) is 70.6 Å². The number of nitrogens with zero attached hydrogens (tertiary/aromatic N) is 4. The zero-order valence-electron chi connectivity index (χ0n) is 29.3. The molecule has 10 heteroatoms. The molecule has 5 aromatic rings. The Bertz CT molecular complexity index is 2100. The molecule has 0 bridgehead atoms. The van der Waals surface area contributed by atoms with Crippen molar-refractivity contribution in [3.63, 3.8) is 0 Å². The van der Waals surface area contributed by atoms with Gasteiger partial charge in [-0.1, -0.05) is 66.7 Å². The van der Waals surface area contributed by atoms with E-state index < -0.39 is 17.7 Å². The average molecular weight is 686 g/mol. The molecule has 3 heterocycles. The van der Waals surface area contributed by atoms with Crippen molar-refractivity contribution >= 4 is 45.6 Å². The highest BCUT2D eigenvalue weighted by Gasteiger charge is 2.36. The quantitative estimate of drug-likeness (QED) is 0.173. The monoisotopic (exact) mass is 685 g/mol. The van der Waals surface area contributed by atoms with Gasteiger partial charge in [0, 0.05) is 44.6 Å². The Labute approximate surface area is 297 Å². The molecule has 2 atom stereocenters. The third kappa shape index (κ3) is 7.36. The van der Waals surface area contributed by atoms with E-state index in [0.29, 0.717) is 37.2 Å². The fourth-order valence-corrected chi connectivity index (χ4v) is 7.34. The Balaban J connectivity index is 1.08. The highest BCUT2D eigenvalue weighted by atomic mass is 16.6. The number of aromatic nitrogens is 2. The smallest absolute Gasteiger partial charge is 0.407 e. The number of fused-ring (bicyclic) bond motifs is 3. The second kappa shape index (κ2) is 14.0. The molecule has 10 nitrogen and oxygen atoms in total. The molecule has 0 saturated carbocycles. The van der Waals surface area contributed by atoms with Crippen LogP contribution < -0.4 is 5.32 Å². The van der Waals surface area contributed by atoms with E-state index in [-0.39, 0.29) is 36.6 Å². The largest absolute Gasteiger partial charge is 0.444 e. The molecule has 1 N–H and O–H groups in total. The first kappa shape index (κ1) is 34.0. The first-order chi connectivity index (χ1) is 24.5. The highest BCUT2D eigenvalue weighted by molar-refractivity contribution is 6.21. The molecule has 4 aromatic carbocycles. The SMILES string of the molecule is CC(C)(C)OC(=O)N[C@@H](CC(=O)N1CCC[C@@H](c2nc3ccccc3n2CCN2C(=O)c3ccccc3C2=O)C1)Cc1ccc2ccccc2c1. The first-order valence-corrected chi connectivity index (χ1v) is 17.7. The summed E-state index contributed by atoms with van der Waals surface area (Å²) in [6, 6.07) is 28.6. The van der Waals surface area contributed by atoms with Crippen molar-refractivity contribution in [2.75, 3.05) is 19.6 Å². The van der Waals surface area contributed by atoms with Crippen molar-refractivity contribution in [1.29, 1.82) is 0 Å². The van der Waals surface area contributed by atoms with Gasteiger partial charge in [-0.05, 0) is 80.6 Å². The minimum absolute atomic E-state index is 0.0461. The molecule has 7 rings (SSSR count). The Morgan fingerprint density at radius 3 is 2.31 bits per heavy atom. The van der Waals surface area contributed by atoms with E-state index in [4.69, 9.17) is 9.72 Å². The minimum Gasteiger partial charge on any atom is -0.444 e. The predicted octanol–water partition coefficient (Wildman–Crippen LogP) is 6.72. The summed E-state index contributed by atoms with van der Waals surface area (Å²) >= 11 is 0. The second-order valence-corrected chi connectivity index (χ2v) is 14.5. The third-order valence-corrected chi connectivity index (χ3v) is 9.69. The Hall–Kier alpha value is -5.51. The second-order valence-electron chi connectivity index (χ2n) is 14.5. The van der Waals surface area contributed by atoms with Crippen molar-refractivity contribution in [2.24, 2.45) is 0 Å². The molecule has 2 aliphatic heterocycles. The van der Waals surface area contributed by atoms with Gasteiger partial charge in [-0.15, -0.1) is 0 Å². The lowest BCUT2D eigenvalue weighted by Gasteiger charge is -2.34. The summed E-state index contributed by atoms with van der Waals surface area (Å²) in [6.45, 7) is 7.14. The summed E-state index contributed by atoms with van der Waals surface area (Å²) < 4.78 is 7.68. The lowest BCUT2D eigenvalue weighted by atomic mass is 9.95. The Morgan fingerprint density at radius 1 is 0.882 bits per heavy atom. The zero-order chi connectivity index (χ0) is 35.7. The fraction of sp³-hybridized carbons (Fsp3) is 0.341. The third-order valence-electron chi connectivity index (χ3n) is 9.69. The number of hydrogen-bond donors (Lipinski definition) is 1. The van der Waals surface area contributed by atoms with Crippen molar-refractivity contribution in [3.05, 3.63) is 114 Å². The number of ether oxygens (including phenoxy) is 1. The Morgan fingerprint density at radius 2 is 1.57 bits per heavy atom. The summed E-state index contributed by atoms with van der Waals surface area (Å²) in [5.41, 5.74) is 2.96. The van der Waals surface area contributed by atoms with E-state index in [1.165, 1.54) is 4.90 Å². The minimum atomic E-state index is -0.674. The van der Waals surface area contributed by atoms with Crippen LogP contribution in [0, 0.1) is 0 Å². The van der Waals surface area contributed by atoms with Crippen molar-refractivity contribution < 1.29 is 23.9 Å². The van der Waals surface area contributed by atoms with Gasteiger partial charge in [0.25, 0.3) is 11.8 Å². The van der Waals surface area contributed by atoms with Crippen LogP contribution in [-0.2, 0) is 22.5 Å². The van der Waals surface area contributed by atoms with Crippen LogP contribution in [0.2, 0.25) is 0 Å². The van der Waals surface area contributed by atoms with Gasteiger partial charge in [-0.2, -0.15) is 0 Å². The van der Waals surface area contributed by atoms with Crippen LogP contribution >= 0.6 is 0 Å². The molecule has 1 saturated heterocycles. The molecule has 1 aromatic heterocycles. The van der Waals surface area contributed by atoms with Crippen molar-refractivity contribution in [1.82, 2.24) is 24.7 Å². The Kier molecular flexibility index (Phi) is 9.33. The van der Waals surface area contributed by atoms with Crippen LogP contribution in [0.15, 0.2) is 91.0 Å².